The van der Waals surface area contributed by atoms with Gasteiger partial charge in [-0.3, -0.25) is 4.79 Å². The summed E-state index contributed by atoms with van der Waals surface area (Å²) in [4.78, 5) is 15.0. The van der Waals surface area contributed by atoms with Crippen molar-refractivity contribution >= 4 is 11.6 Å². The zero-order chi connectivity index (χ0) is 27.0. The van der Waals surface area contributed by atoms with Crippen molar-refractivity contribution in [1.29, 1.82) is 0 Å². The lowest BCUT2D eigenvalue weighted by molar-refractivity contribution is -0.116. The highest BCUT2D eigenvalue weighted by Gasteiger charge is 2.31. The first-order chi connectivity index (χ1) is 19.1. The Kier molecular flexibility index (Phi) is 8.47. The summed E-state index contributed by atoms with van der Waals surface area (Å²) in [5.74, 6) is 2.23. The van der Waals surface area contributed by atoms with E-state index in [-0.39, 0.29) is 24.5 Å². The fourth-order valence-electron chi connectivity index (χ4n) is 5.19. The normalized spacial score (nSPS) is 12.8. The molecule has 0 radical (unpaired) electrons. The Bertz CT molecular complexity index is 1320. The van der Waals surface area contributed by atoms with E-state index in [1.54, 1.807) is 6.92 Å². The van der Waals surface area contributed by atoms with Gasteiger partial charge in [-0.2, -0.15) is 0 Å². The lowest BCUT2D eigenvalue weighted by Gasteiger charge is -2.33. The van der Waals surface area contributed by atoms with Crippen LogP contribution in [0.5, 0.6) is 17.2 Å². The Morgan fingerprint density at radius 2 is 1.46 bits per heavy atom. The van der Waals surface area contributed by atoms with Gasteiger partial charge in [-0.1, -0.05) is 80.1 Å². The van der Waals surface area contributed by atoms with Gasteiger partial charge in [0.1, 0.15) is 5.75 Å². The summed E-state index contributed by atoms with van der Waals surface area (Å²) in [5, 5.41) is 0. The number of hydrogen-bond donors (Lipinski definition) is 0. The maximum absolute atomic E-state index is 13.1. The number of benzene rings is 4. The molecule has 5 rings (SSSR count). The van der Waals surface area contributed by atoms with Crippen LogP contribution in [-0.4, -0.2) is 25.9 Å². The number of carbonyl (C=O) groups is 1. The second-order valence-corrected chi connectivity index (χ2v) is 9.84. The Morgan fingerprint density at radius 1 is 0.821 bits per heavy atom. The molecule has 5 heteroatoms. The predicted molar refractivity (Wildman–Crippen MR) is 155 cm³/mol. The number of anilines is 1. The van der Waals surface area contributed by atoms with Crippen LogP contribution in [0.15, 0.2) is 103 Å². The van der Waals surface area contributed by atoms with E-state index in [1.165, 1.54) is 11.1 Å². The SMILES string of the molecule is CCCCOc1ccc(N(CC(c2ccc3c(c2)OCO3)C(c2ccccc2)c2ccccc2)C(C)=O)cc1. The summed E-state index contributed by atoms with van der Waals surface area (Å²) < 4.78 is 17.2. The van der Waals surface area contributed by atoms with Crippen LogP contribution in [0.25, 0.3) is 0 Å². The third-order valence-electron chi connectivity index (χ3n) is 7.22. The van der Waals surface area contributed by atoms with Crippen LogP contribution >= 0.6 is 0 Å². The molecule has 0 N–H and O–H groups in total. The molecule has 1 heterocycles. The third kappa shape index (κ3) is 6.26. The summed E-state index contributed by atoms with van der Waals surface area (Å²) in [5.41, 5.74) is 4.31. The van der Waals surface area contributed by atoms with Gasteiger partial charge in [-0.05, 0) is 59.5 Å². The number of carbonyl (C=O) groups excluding carboxylic acids is 1. The maximum Gasteiger partial charge on any atom is 0.231 e. The van der Waals surface area contributed by atoms with Crippen molar-refractivity contribution in [1.82, 2.24) is 0 Å². The molecule has 39 heavy (non-hydrogen) atoms. The minimum atomic E-state index is -0.0614. The van der Waals surface area contributed by atoms with E-state index in [9.17, 15) is 4.79 Å². The largest absolute Gasteiger partial charge is 0.494 e. The fourth-order valence-corrected chi connectivity index (χ4v) is 5.19. The van der Waals surface area contributed by atoms with Gasteiger partial charge < -0.3 is 19.1 Å². The standard InChI is InChI=1S/C34H35NO4/c1-3-4-21-37-30-18-16-29(17-19-30)35(25(2)36)23-31(28-15-20-32-33(22-28)39-24-38-32)34(26-11-7-5-8-12-26)27-13-9-6-10-14-27/h5-20,22,31,34H,3-4,21,23-24H2,1-2H3. The lowest BCUT2D eigenvalue weighted by Crippen LogP contribution is -2.35. The van der Waals surface area contributed by atoms with Gasteiger partial charge in [0.15, 0.2) is 11.5 Å². The van der Waals surface area contributed by atoms with Crippen LogP contribution < -0.4 is 19.1 Å². The number of nitrogens with zero attached hydrogens (tertiary/aromatic N) is 1. The van der Waals surface area contributed by atoms with Crippen LogP contribution in [0.2, 0.25) is 0 Å². The predicted octanol–water partition coefficient (Wildman–Crippen LogP) is 7.56. The molecular weight excluding hydrogens is 486 g/mol. The first kappa shape index (κ1) is 26.4. The zero-order valence-corrected chi connectivity index (χ0v) is 22.6. The van der Waals surface area contributed by atoms with Gasteiger partial charge in [-0.15, -0.1) is 0 Å². The van der Waals surface area contributed by atoms with Gasteiger partial charge in [0, 0.05) is 31.0 Å². The average molecular weight is 522 g/mol. The molecule has 4 aromatic carbocycles. The van der Waals surface area contributed by atoms with Gasteiger partial charge in [0.05, 0.1) is 6.61 Å². The van der Waals surface area contributed by atoms with Crippen molar-refractivity contribution in [3.05, 3.63) is 120 Å². The van der Waals surface area contributed by atoms with E-state index < -0.39 is 0 Å². The quantitative estimate of drug-likeness (QED) is 0.191. The molecule has 0 aromatic heterocycles. The highest BCUT2D eigenvalue weighted by atomic mass is 16.7. The van der Waals surface area contributed by atoms with E-state index in [0.717, 1.165) is 41.3 Å². The van der Waals surface area contributed by atoms with Gasteiger partial charge in [0.25, 0.3) is 0 Å². The number of ether oxygens (including phenoxy) is 3. The Balaban J connectivity index is 1.55. The lowest BCUT2D eigenvalue weighted by atomic mass is 9.76. The summed E-state index contributed by atoms with van der Waals surface area (Å²) in [6.45, 7) is 5.17. The van der Waals surface area contributed by atoms with E-state index >= 15 is 0 Å². The molecule has 1 aliphatic heterocycles. The third-order valence-corrected chi connectivity index (χ3v) is 7.22. The van der Waals surface area contributed by atoms with Crippen LogP contribution in [0.3, 0.4) is 0 Å². The van der Waals surface area contributed by atoms with Crippen LogP contribution in [0.4, 0.5) is 5.69 Å². The minimum Gasteiger partial charge on any atom is -0.494 e. The number of hydrogen-bond acceptors (Lipinski definition) is 4. The molecule has 200 valence electrons. The van der Waals surface area contributed by atoms with E-state index in [0.29, 0.717) is 13.2 Å². The molecule has 1 amide bonds. The highest BCUT2D eigenvalue weighted by Crippen LogP contribution is 2.43. The second-order valence-electron chi connectivity index (χ2n) is 9.84. The Labute approximate surface area is 231 Å². The molecular formula is C34H35NO4. The van der Waals surface area contributed by atoms with E-state index in [1.807, 2.05) is 47.4 Å². The van der Waals surface area contributed by atoms with E-state index in [4.69, 9.17) is 14.2 Å². The Morgan fingerprint density at radius 3 is 2.08 bits per heavy atom. The Hall–Kier alpha value is -4.25. The van der Waals surface area contributed by atoms with Crippen molar-refractivity contribution < 1.29 is 19.0 Å². The summed E-state index contributed by atoms with van der Waals surface area (Å²) in [7, 11) is 0. The maximum atomic E-state index is 13.1. The van der Waals surface area contributed by atoms with Crippen LogP contribution in [-0.2, 0) is 4.79 Å². The average Bonchev–Trinajstić information content (AvgIpc) is 3.45. The molecule has 0 aliphatic carbocycles. The number of fused-ring (bicyclic) bond motifs is 1. The smallest absolute Gasteiger partial charge is 0.231 e. The van der Waals surface area contributed by atoms with Crippen molar-refractivity contribution in [2.45, 2.75) is 38.5 Å². The summed E-state index contributed by atoms with van der Waals surface area (Å²) in [6.07, 6.45) is 2.10. The van der Waals surface area contributed by atoms with Crippen molar-refractivity contribution in [3.63, 3.8) is 0 Å². The first-order valence-corrected chi connectivity index (χ1v) is 13.6. The molecule has 1 atom stereocenters. The molecule has 5 nitrogen and oxygen atoms in total. The molecule has 4 aromatic rings. The number of unbranched alkanes of at least 4 members (excludes halogenated alkanes) is 1. The second kappa shape index (κ2) is 12.5. The molecule has 0 fully saturated rings. The van der Waals surface area contributed by atoms with E-state index in [2.05, 4.69) is 67.6 Å². The highest BCUT2D eigenvalue weighted by molar-refractivity contribution is 5.91. The topological polar surface area (TPSA) is 48.0 Å². The molecule has 1 unspecified atom stereocenters. The molecule has 0 spiro atoms. The van der Waals surface area contributed by atoms with Crippen molar-refractivity contribution in [2.24, 2.45) is 0 Å². The van der Waals surface area contributed by atoms with Gasteiger partial charge in [-0.25, -0.2) is 0 Å². The molecule has 1 aliphatic rings. The number of amides is 1. The monoisotopic (exact) mass is 521 g/mol. The van der Waals surface area contributed by atoms with Crippen molar-refractivity contribution in [3.8, 4) is 17.2 Å². The summed E-state index contributed by atoms with van der Waals surface area (Å²) >= 11 is 0. The van der Waals surface area contributed by atoms with Crippen LogP contribution in [0, 0.1) is 0 Å². The fraction of sp³-hybridized carbons (Fsp3) is 0.265. The summed E-state index contributed by atoms with van der Waals surface area (Å²) in [6, 6.07) is 35.0. The van der Waals surface area contributed by atoms with Crippen LogP contribution in [0.1, 0.15) is 55.2 Å². The zero-order valence-electron chi connectivity index (χ0n) is 22.6. The molecule has 0 saturated carbocycles. The minimum absolute atomic E-state index is 0.00581. The van der Waals surface area contributed by atoms with Crippen molar-refractivity contribution in [2.75, 3.05) is 24.8 Å². The first-order valence-electron chi connectivity index (χ1n) is 13.6. The van der Waals surface area contributed by atoms with Gasteiger partial charge in [0.2, 0.25) is 12.7 Å². The van der Waals surface area contributed by atoms with Gasteiger partial charge >= 0.3 is 0 Å². The molecule has 0 saturated heterocycles. The number of rotatable bonds is 11. The molecule has 0 bridgehead atoms.